The second-order valence-electron chi connectivity index (χ2n) is 7.14. The molecule has 1 N–H and O–H groups in total. The zero-order valence-electron chi connectivity index (χ0n) is 16.3. The van der Waals surface area contributed by atoms with Crippen LogP contribution in [0.1, 0.15) is 6.92 Å². The van der Waals surface area contributed by atoms with Crippen molar-refractivity contribution in [2.45, 2.75) is 13.0 Å². The van der Waals surface area contributed by atoms with E-state index in [4.69, 9.17) is 0 Å². The van der Waals surface area contributed by atoms with Gasteiger partial charge in [-0.1, -0.05) is 0 Å². The monoisotopic (exact) mass is 360 g/mol. The van der Waals surface area contributed by atoms with E-state index in [0.717, 1.165) is 70.8 Å². The summed E-state index contributed by atoms with van der Waals surface area (Å²) in [5, 5.41) is 3.57. The van der Waals surface area contributed by atoms with E-state index >= 15 is 0 Å². The molecule has 8 nitrogen and oxygen atoms in total. The highest BCUT2D eigenvalue weighted by molar-refractivity contribution is 5.80. The maximum atomic E-state index is 4.49. The smallest absolute Gasteiger partial charge is 0.225 e. The van der Waals surface area contributed by atoms with Crippen molar-refractivity contribution in [1.82, 2.24) is 30.0 Å². The summed E-state index contributed by atoms with van der Waals surface area (Å²) < 4.78 is 0. The Morgan fingerprint density at radius 1 is 1.08 bits per heavy atom. The average Bonchev–Trinajstić information content (AvgIpc) is 2.70. The molecule has 0 aromatic carbocycles. The van der Waals surface area contributed by atoms with Gasteiger partial charge in [0, 0.05) is 84.4 Å². The summed E-state index contributed by atoms with van der Waals surface area (Å²) in [5.41, 5.74) is 0. The predicted molar refractivity (Wildman–Crippen MR) is 106 cm³/mol. The van der Waals surface area contributed by atoms with Gasteiger partial charge in [0.15, 0.2) is 5.96 Å². The third-order valence-electron chi connectivity index (χ3n) is 5.34. The van der Waals surface area contributed by atoms with Gasteiger partial charge >= 0.3 is 0 Å². The quantitative estimate of drug-likeness (QED) is 0.590. The van der Waals surface area contributed by atoms with Gasteiger partial charge in [-0.15, -0.1) is 0 Å². The Hall–Kier alpha value is -1.93. The van der Waals surface area contributed by atoms with Crippen LogP contribution >= 0.6 is 0 Å². The lowest BCUT2D eigenvalue weighted by Gasteiger charge is -2.38. The van der Waals surface area contributed by atoms with Crippen LogP contribution in [0, 0.1) is 0 Å². The van der Waals surface area contributed by atoms with Gasteiger partial charge in [0.1, 0.15) is 0 Å². The first-order valence-electron chi connectivity index (χ1n) is 9.57. The van der Waals surface area contributed by atoms with E-state index in [9.17, 15) is 0 Å². The summed E-state index contributed by atoms with van der Waals surface area (Å²) >= 11 is 0. The lowest BCUT2D eigenvalue weighted by molar-refractivity contribution is 0.119. The first-order valence-corrected chi connectivity index (χ1v) is 9.57. The summed E-state index contributed by atoms with van der Waals surface area (Å²) in [6, 6.07) is 2.37. The average molecular weight is 361 g/mol. The van der Waals surface area contributed by atoms with E-state index in [2.05, 4.69) is 53.8 Å². The first-order chi connectivity index (χ1) is 12.7. The lowest BCUT2D eigenvalue weighted by Crippen LogP contribution is -2.55. The van der Waals surface area contributed by atoms with Crippen molar-refractivity contribution in [1.29, 1.82) is 0 Å². The number of piperazine rings is 2. The number of nitrogens with zero attached hydrogens (tertiary/aromatic N) is 7. The van der Waals surface area contributed by atoms with Gasteiger partial charge in [-0.3, -0.25) is 9.89 Å². The molecule has 1 unspecified atom stereocenters. The molecule has 1 atom stereocenters. The minimum absolute atomic E-state index is 0.513. The van der Waals surface area contributed by atoms with Gasteiger partial charge in [-0.25, -0.2) is 9.97 Å². The van der Waals surface area contributed by atoms with Crippen molar-refractivity contribution in [3.63, 3.8) is 0 Å². The van der Waals surface area contributed by atoms with E-state index in [1.165, 1.54) is 0 Å². The molecule has 8 heteroatoms. The molecule has 2 aliphatic rings. The second kappa shape index (κ2) is 9.14. The Labute approximate surface area is 156 Å². The van der Waals surface area contributed by atoms with Gasteiger partial charge in [0.2, 0.25) is 5.95 Å². The maximum absolute atomic E-state index is 4.49. The van der Waals surface area contributed by atoms with E-state index in [1.807, 2.05) is 13.1 Å². The van der Waals surface area contributed by atoms with Crippen LogP contribution in [0.4, 0.5) is 5.95 Å². The van der Waals surface area contributed by atoms with Crippen molar-refractivity contribution in [2.75, 3.05) is 77.9 Å². The van der Waals surface area contributed by atoms with Crippen molar-refractivity contribution in [3.05, 3.63) is 18.5 Å². The molecular weight excluding hydrogens is 328 g/mol. The van der Waals surface area contributed by atoms with Crippen LogP contribution in [-0.2, 0) is 0 Å². The molecule has 0 saturated carbocycles. The Morgan fingerprint density at radius 3 is 2.35 bits per heavy atom. The maximum Gasteiger partial charge on any atom is 0.225 e. The van der Waals surface area contributed by atoms with Crippen molar-refractivity contribution in [2.24, 2.45) is 4.99 Å². The fourth-order valence-electron chi connectivity index (χ4n) is 3.54. The number of likely N-dealkylation sites (N-methyl/N-ethyl adjacent to an activating group) is 1. The minimum atomic E-state index is 0.513. The number of anilines is 1. The number of rotatable bonds is 4. The normalized spacial score (nSPS) is 21.7. The van der Waals surface area contributed by atoms with Crippen LogP contribution in [0.2, 0.25) is 0 Å². The van der Waals surface area contributed by atoms with Crippen LogP contribution in [-0.4, -0.2) is 110 Å². The molecule has 0 spiro atoms. The van der Waals surface area contributed by atoms with Gasteiger partial charge in [0.05, 0.1) is 0 Å². The molecule has 0 radical (unpaired) electrons. The van der Waals surface area contributed by atoms with Crippen LogP contribution in [0.15, 0.2) is 23.5 Å². The van der Waals surface area contributed by atoms with Crippen molar-refractivity contribution >= 4 is 11.9 Å². The van der Waals surface area contributed by atoms with Gasteiger partial charge in [-0.2, -0.15) is 0 Å². The van der Waals surface area contributed by atoms with E-state index in [1.54, 1.807) is 12.4 Å². The molecule has 26 heavy (non-hydrogen) atoms. The van der Waals surface area contributed by atoms with Gasteiger partial charge < -0.3 is 20.0 Å². The van der Waals surface area contributed by atoms with Crippen LogP contribution in [0.25, 0.3) is 0 Å². The highest BCUT2D eigenvalue weighted by atomic mass is 15.4. The minimum Gasteiger partial charge on any atom is -0.355 e. The number of aliphatic imine (C=N–C) groups is 1. The number of nitrogens with one attached hydrogen (secondary N) is 1. The van der Waals surface area contributed by atoms with Crippen molar-refractivity contribution in [3.8, 4) is 0 Å². The lowest BCUT2D eigenvalue weighted by atomic mass is 10.2. The van der Waals surface area contributed by atoms with Gasteiger partial charge in [-0.05, 0) is 20.0 Å². The van der Waals surface area contributed by atoms with Crippen LogP contribution < -0.4 is 10.2 Å². The standard InChI is InChI=1S/C18H32N8/c1-16(24-9-7-23(3)8-10-24)15-22-17(19-2)25-11-13-26(14-12-25)18-20-5-4-6-21-18/h4-6,16H,7-15H2,1-3H3,(H,19,22). The van der Waals surface area contributed by atoms with Gasteiger partial charge in [0.25, 0.3) is 0 Å². The molecule has 1 aromatic heterocycles. The Morgan fingerprint density at radius 2 is 1.73 bits per heavy atom. The molecule has 3 heterocycles. The van der Waals surface area contributed by atoms with E-state index in [0.29, 0.717) is 6.04 Å². The number of hydrogen-bond acceptors (Lipinski definition) is 6. The third kappa shape index (κ3) is 4.82. The zero-order valence-corrected chi connectivity index (χ0v) is 16.3. The molecule has 0 amide bonds. The summed E-state index contributed by atoms with van der Waals surface area (Å²) in [4.78, 5) is 22.7. The van der Waals surface area contributed by atoms with Crippen molar-refractivity contribution < 1.29 is 0 Å². The molecule has 0 aliphatic carbocycles. The fraction of sp³-hybridized carbons (Fsp3) is 0.722. The SMILES string of the molecule is CN=C(NCC(C)N1CCN(C)CC1)N1CCN(c2ncccn2)CC1. The second-order valence-corrected chi connectivity index (χ2v) is 7.14. The molecule has 2 fully saturated rings. The summed E-state index contributed by atoms with van der Waals surface area (Å²) in [5.74, 6) is 1.82. The molecule has 2 aliphatic heterocycles. The number of guanidine groups is 1. The summed E-state index contributed by atoms with van der Waals surface area (Å²) in [7, 11) is 4.07. The molecule has 144 valence electrons. The first kappa shape index (κ1) is 18.8. The topological polar surface area (TPSA) is 63.1 Å². The molecule has 0 bridgehead atoms. The van der Waals surface area contributed by atoms with E-state index < -0.39 is 0 Å². The molecular formula is C18H32N8. The Bertz CT molecular complexity index is 562. The largest absolute Gasteiger partial charge is 0.355 e. The fourth-order valence-corrected chi connectivity index (χ4v) is 3.54. The Kier molecular flexibility index (Phi) is 6.62. The predicted octanol–water partition coefficient (Wildman–Crippen LogP) is -0.190. The summed E-state index contributed by atoms with van der Waals surface area (Å²) in [6.07, 6.45) is 3.60. The number of aromatic nitrogens is 2. The molecule has 1 aromatic rings. The zero-order chi connectivity index (χ0) is 18.4. The molecule has 3 rings (SSSR count). The molecule has 2 saturated heterocycles. The third-order valence-corrected chi connectivity index (χ3v) is 5.34. The highest BCUT2D eigenvalue weighted by Gasteiger charge is 2.23. The van der Waals surface area contributed by atoms with Crippen LogP contribution in [0.5, 0.6) is 0 Å². The highest BCUT2D eigenvalue weighted by Crippen LogP contribution is 2.10. The number of hydrogen-bond donors (Lipinski definition) is 1. The Balaban J connectivity index is 1.45. The van der Waals surface area contributed by atoms with Crippen LogP contribution in [0.3, 0.4) is 0 Å². The summed E-state index contributed by atoms with van der Waals surface area (Å²) in [6.45, 7) is 11.5. The van der Waals surface area contributed by atoms with E-state index in [-0.39, 0.29) is 0 Å².